The van der Waals surface area contributed by atoms with E-state index in [9.17, 15) is 4.79 Å². The summed E-state index contributed by atoms with van der Waals surface area (Å²) in [7, 11) is 3.44. The summed E-state index contributed by atoms with van der Waals surface area (Å²) in [5, 5.41) is 6.42. The molecule has 21 heavy (non-hydrogen) atoms. The monoisotopic (exact) mass is 296 g/mol. The molecule has 0 aromatic rings. The number of carbonyl (C=O) groups is 1. The van der Waals surface area contributed by atoms with Crippen molar-refractivity contribution >= 4 is 11.9 Å². The maximum atomic E-state index is 11.6. The lowest BCUT2D eigenvalue weighted by molar-refractivity contribution is -0.127. The second kappa shape index (κ2) is 8.02. The molecule has 6 nitrogen and oxygen atoms in total. The SMILES string of the molecule is C=C(C)CNC(=NCC(=O)N(C)C)NCC1(C)CCCO1. The van der Waals surface area contributed by atoms with Crippen molar-refractivity contribution in [2.45, 2.75) is 32.3 Å². The van der Waals surface area contributed by atoms with Crippen molar-refractivity contribution in [3.8, 4) is 0 Å². The van der Waals surface area contributed by atoms with Gasteiger partial charge in [-0.25, -0.2) is 4.99 Å². The van der Waals surface area contributed by atoms with E-state index >= 15 is 0 Å². The van der Waals surface area contributed by atoms with Gasteiger partial charge in [-0.1, -0.05) is 12.2 Å². The highest BCUT2D eigenvalue weighted by atomic mass is 16.5. The van der Waals surface area contributed by atoms with Crippen molar-refractivity contribution in [3.63, 3.8) is 0 Å². The van der Waals surface area contributed by atoms with Gasteiger partial charge >= 0.3 is 0 Å². The molecular weight excluding hydrogens is 268 g/mol. The van der Waals surface area contributed by atoms with Gasteiger partial charge in [0.2, 0.25) is 5.91 Å². The van der Waals surface area contributed by atoms with Crippen LogP contribution in [0.2, 0.25) is 0 Å². The van der Waals surface area contributed by atoms with Crippen LogP contribution in [0.5, 0.6) is 0 Å². The molecule has 1 aliphatic rings. The number of likely N-dealkylation sites (N-methyl/N-ethyl adjacent to an activating group) is 1. The van der Waals surface area contributed by atoms with E-state index in [1.54, 1.807) is 14.1 Å². The predicted octanol–water partition coefficient (Wildman–Crippen LogP) is 0.755. The number of aliphatic imine (C=N–C) groups is 1. The fourth-order valence-corrected chi connectivity index (χ4v) is 1.94. The molecule has 1 unspecified atom stereocenters. The Bertz CT molecular complexity index is 398. The van der Waals surface area contributed by atoms with Gasteiger partial charge in [0.05, 0.1) is 5.60 Å². The Morgan fingerprint density at radius 2 is 2.14 bits per heavy atom. The van der Waals surface area contributed by atoms with Crippen molar-refractivity contribution in [2.24, 2.45) is 4.99 Å². The molecule has 1 atom stereocenters. The summed E-state index contributed by atoms with van der Waals surface area (Å²) in [5.41, 5.74) is 0.851. The number of hydrogen-bond donors (Lipinski definition) is 2. The first-order valence-electron chi connectivity index (χ1n) is 7.33. The highest BCUT2D eigenvalue weighted by molar-refractivity contribution is 5.84. The van der Waals surface area contributed by atoms with Gasteiger partial charge in [0.25, 0.3) is 0 Å². The van der Waals surface area contributed by atoms with Crippen LogP contribution >= 0.6 is 0 Å². The lowest BCUT2D eigenvalue weighted by Crippen LogP contribution is -2.46. The Morgan fingerprint density at radius 3 is 2.67 bits per heavy atom. The first kappa shape index (κ1) is 17.5. The highest BCUT2D eigenvalue weighted by Gasteiger charge is 2.29. The minimum absolute atomic E-state index is 0.0326. The van der Waals surface area contributed by atoms with Gasteiger partial charge in [-0.2, -0.15) is 0 Å². The number of hydrogen-bond acceptors (Lipinski definition) is 3. The zero-order chi connectivity index (χ0) is 15.9. The van der Waals surface area contributed by atoms with Gasteiger partial charge in [-0.15, -0.1) is 0 Å². The van der Waals surface area contributed by atoms with E-state index in [0.29, 0.717) is 19.0 Å². The second-order valence-corrected chi connectivity index (χ2v) is 6.02. The third-order valence-corrected chi connectivity index (χ3v) is 3.36. The molecule has 0 aliphatic carbocycles. The van der Waals surface area contributed by atoms with Crippen molar-refractivity contribution in [3.05, 3.63) is 12.2 Å². The molecule has 0 aromatic heterocycles. The van der Waals surface area contributed by atoms with E-state index in [2.05, 4.69) is 29.1 Å². The van der Waals surface area contributed by atoms with Crippen molar-refractivity contribution in [1.82, 2.24) is 15.5 Å². The first-order valence-corrected chi connectivity index (χ1v) is 7.33. The van der Waals surface area contributed by atoms with Crippen LogP contribution < -0.4 is 10.6 Å². The molecule has 1 amide bonds. The van der Waals surface area contributed by atoms with E-state index in [0.717, 1.165) is 25.0 Å². The molecule has 1 rings (SSSR count). The summed E-state index contributed by atoms with van der Waals surface area (Å²) in [5.74, 6) is 0.583. The number of nitrogens with zero attached hydrogens (tertiary/aromatic N) is 2. The molecule has 2 N–H and O–H groups in total. The van der Waals surface area contributed by atoms with Crippen LogP contribution in [0, 0.1) is 0 Å². The van der Waals surface area contributed by atoms with Gasteiger partial charge < -0.3 is 20.3 Å². The zero-order valence-electron chi connectivity index (χ0n) is 13.7. The Morgan fingerprint density at radius 1 is 1.43 bits per heavy atom. The fraction of sp³-hybridized carbons (Fsp3) is 0.733. The molecule has 0 radical (unpaired) electrons. The molecule has 0 bridgehead atoms. The molecule has 0 aromatic carbocycles. The van der Waals surface area contributed by atoms with Crippen LogP contribution in [0.1, 0.15) is 26.7 Å². The summed E-state index contributed by atoms with van der Waals surface area (Å²) < 4.78 is 5.74. The molecule has 1 aliphatic heterocycles. The minimum Gasteiger partial charge on any atom is -0.373 e. The van der Waals surface area contributed by atoms with E-state index in [1.807, 2.05) is 6.92 Å². The number of guanidine groups is 1. The predicted molar refractivity (Wildman–Crippen MR) is 85.4 cm³/mol. The first-order chi connectivity index (χ1) is 9.82. The van der Waals surface area contributed by atoms with Crippen LogP contribution in [-0.2, 0) is 9.53 Å². The van der Waals surface area contributed by atoms with E-state index in [4.69, 9.17) is 4.74 Å². The Hall–Kier alpha value is -1.56. The van der Waals surface area contributed by atoms with Gasteiger partial charge in [0.1, 0.15) is 6.54 Å². The summed E-state index contributed by atoms with van der Waals surface area (Å²) in [4.78, 5) is 17.5. The lowest BCUT2D eigenvalue weighted by atomic mass is 10.0. The molecule has 0 saturated carbocycles. The molecule has 6 heteroatoms. The molecule has 1 fully saturated rings. The largest absolute Gasteiger partial charge is 0.373 e. The van der Waals surface area contributed by atoms with E-state index in [-0.39, 0.29) is 18.1 Å². The summed E-state index contributed by atoms with van der Waals surface area (Å²) in [6.45, 7) is 10.1. The average molecular weight is 296 g/mol. The van der Waals surface area contributed by atoms with Crippen LogP contribution in [0.3, 0.4) is 0 Å². The Labute approximate surface area is 127 Å². The highest BCUT2D eigenvalue weighted by Crippen LogP contribution is 2.23. The van der Waals surface area contributed by atoms with Crippen molar-refractivity contribution < 1.29 is 9.53 Å². The molecular formula is C15H28N4O2. The number of rotatable bonds is 6. The maximum Gasteiger partial charge on any atom is 0.243 e. The average Bonchev–Trinajstić information content (AvgIpc) is 2.84. The molecule has 1 heterocycles. The smallest absolute Gasteiger partial charge is 0.243 e. The summed E-state index contributed by atoms with van der Waals surface area (Å²) >= 11 is 0. The third kappa shape index (κ3) is 6.62. The fourth-order valence-electron chi connectivity index (χ4n) is 1.94. The topological polar surface area (TPSA) is 66.0 Å². The van der Waals surface area contributed by atoms with Gasteiger partial charge in [-0.05, 0) is 26.7 Å². The molecule has 1 saturated heterocycles. The van der Waals surface area contributed by atoms with Gasteiger partial charge in [-0.3, -0.25) is 4.79 Å². The third-order valence-electron chi connectivity index (χ3n) is 3.36. The molecule has 120 valence electrons. The minimum atomic E-state index is -0.156. The maximum absolute atomic E-state index is 11.6. The molecule has 0 spiro atoms. The quantitative estimate of drug-likeness (QED) is 0.431. The second-order valence-electron chi connectivity index (χ2n) is 6.02. The van der Waals surface area contributed by atoms with Crippen LogP contribution in [0.15, 0.2) is 17.1 Å². The normalized spacial score (nSPS) is 22.0. The standard InChI is InChI=1S/C15H28N4O2/c1-12(2)9-16-14(17-10-13(20)19(4)5)18-11-15(3)7-6-8-21-15/h1,6-11H2,2-5H3,(H2,16,17,18). The number of amides is 1. The van der Waals surface area contributed by atoms with E-state index in [1.165, 1.54) is 4.90 Å². The van der Waals surface area contributed by atoms with Gasteiger partial charge in [0, 0.05) is 33.8 Å². The van der Waals surface area contributed by atoms with Crippen LogP contribution in [0.4, 0.5) is 0 Å². The number of ether oxygens (including phenoxy) is 1. The van der Waals surface area contributed by atoms with Crippen molar-refractivity contribution in [2.75, 3.05) is 40.3 Å². The Balaban J connectivity index is 2.56. The zero-order valence-corrected chi connectivity index (χ0v) is 13.7. The summed E-state index contributed by atoms with van der Waals surface area (Å²) in [6.07, 6.45) is 2.12. The number of carbonyl (C=O) groups excluding carboxylic acids is 1. The van der Waals surface area contributed by atoms with Crippen LogP contribution in [-0.4, -0.2) is 62.7 Å². The van der Waals surface area contributed by atoms with Crippen molar-refractivity contribution in [1.29, 1.82) is 0 Å². The Kier molecular flexibility index (Phi) is 6.68. The van der Waals surface area contributed by atoms with E-state index < -0.39 is 0 Å². The van der Waals surface area contributed by atoms with Gasteiger partial charge in [0.15, 0.2) is 5.96 Å². The number of nitrogens with one attached hydrogen (secondary N) is 2. The summed E-state index contributed by atoms with van der Waals surface area (Å²) in [6, 6.07) is 0. The lowest BCUT2D eigenvalue weighted by Gasteiger charge is -2.25. The van der Waals surface area contributed by atoms with Crippen LogP contribution in [0.25, 0.3) is 0 Å².